The van der Waals surface area contributed by atoms with Crippen LogP contribution in [0.25, 0.3) is 0 Å². The van der Waals surface area contributed by atoms with E-state index in [-0.39, 0.29) is 37.7 Å². The zero-order chi connectivity index (χ0) is 5.21. The van der Waals surface area contributed by atoms with E-state index in [0.29, 0.717) is 0 Å². The third-order valence-electron chi connectivity index (χ3n) is 0.129. The van der Waals surface area contributed by atoms with E-state index in [9.17, 15) is 0 Å². The zero-order valence-electron chi connectivity index (χ0n) is 3.36. The minimum absolute atomic E-state index is 0. The Bertz CT molecular complexity index is 75.8. The first-order chi connectivity index (χ1) is 2.56. The molecule has 4 nitrogen and oxygen atoms in total. The largest absolute Gasteiger partial charge is 2.00 e. The van der Waals surface area contributed by atoms with Crippen LogP contribution in [0.15, 0.2) is 0 Å². The zero-order valence-corrected chi connectivity index (χ0v) is 6.47. The topological polar surface area (TPSA) is 72.4 Å². The number of rotatable bonds is 1. The monoisotopic (exact) mass is 146 g/mol. The van der Waals surface area contributed by atoms with Gasteiger partial charge >= 0.3 is 37.7 Å². The van der Waals surface area contributed by atoms with E-state index in [1.54, 1.807) is 0 Å². The first-order valence-electron chi connectivity index (χ1n) is 0.966. The summed E-state index contributed by atoms with van der Waals surface area (Å²) in [5.74, 6) is 0. The molecule has 0 fully saturated rings. The van der Waals surface area contributed by atoms with Crippen LogP contribution in [0.3, 0.4) is 0 Å². The summed E-state index contributed by atoms with van der Waals surface area (Å²) < 4.78 is 12.0. The Morgan fingerprint density at radius 2 is 1.71 bits per heavy atom. The van der Waals surface area contributed by atoms with Gasteiger partial charge in [0.05, 0.1) is 0 Å². The number of phosphoric acid groups is 1. The quantitative estimate of drug-likeness (QED) is 0.303. The van der Waals surface area contributed by atoms with Crippen molar-refractivity contribution in [2.75, 3.05) is 0 Å². The van der Waals surface area contributed by atoms with Gasteiger partial charge in [0, 0.05) is 7.82 Å². The normalized spacial score (nSPS) is 10.0. The van der Waals surface area contributed by atoms with E-state index < -0.39 is 7.82 Å². The first kappa shape index (κ1) is 11.3. The maximum atomic E-state index is 9.12. The molecule has 0 rings (SSSR count). The summed E-state index contributed by atoms with van der Waals surface area (Å²) in [5, 5.41) is 0. The molecule has 7 heavy (non-hydrogen) atoms. The molecule has 0 aromatic carbocycles. The van der Waals surface area contributed by atoms with Crippen molar-refractivity contribution in [2.45, 2.75) is 0 Å². The average molecular weight is 146 g/mol. The predicted molar refractivity (Wildman–Crippen MR) is 20.2 cm³/mol. The van der Waals surface area contributed by atoms with E-state index in [0.717, 1.165) is 0 Å². The van der Waals surface area contributed by atoms with E-state index in [2.05, 4.69) is 12.5 Å². The van der Waals surface area contributed by atoms with Gasteiger partial charge in [0.15, 0.2) is 0 Å². The molecule has 2 radical (unpaired) electrons. The van der Waals surface area contributed by atoms with Gasteiger partial charge in [-0.2, -0.15) is 0 Å². The molecule has 0 spiro atoms. The maximum Gasteiger partial charge on any atom is 2.00 e. The second kappa shape index (κ2) is 4.33. The van der Waals surface area contributed by atoms with Crippen LogP contribution in [0.2, 0.25) is 0 Å². The summed E-state index contributed by atoms with van der Waals surface area (Å²) in [6, 6.07) is 0. The van der Waals surface area contributed by atoms with Crippen LogP contribution in [0.5, 0.6) is 0 Å². The van der Waals surface area contributed by atoms with Crippen molar-refractivity contribution in [3.05, 3.63) is 0 Å². The smallest absolute Gasteiger partial charge is 0.791 e. The Balaban J connectivity index is 0. The molecule has 0 bridgehead atoms. The minimum Gasteiger partial charge on any atom is -0.791 e. The molecule has 0 amide bonds. The first-order valence-corrected chi connectivity index (χ1v) is 2.43. The van der Waals surface area contributed by atoms with Gasteiger partial charge in [-0.05, 0) is 0 Å². The Kier molecular flexibility index (Phi) is 6.96. The molecule has 0 heterocycles. The van der Waals surface area contributed by atoms with Crippen molar-refractivity contribution in [3.8, 4) is 0 Å². The van der Waals surface area contributed by atoms with Gasteiger partial charge in [-0.15, -0.1) is 0 Å². The Morgan fingerprint density at radius 1 is 1.57 bits per heavy atom. The van der Waals surface area contributed by atoms with Gasteiger partial charge < -0.3 is 18.8 Å². The van der Waals surface area contributed by atoms with E-state index >= 15 is 0 Å². The van der Waals surface area contributed by atoms with Gasteiger partial charge in [-0.25, -0.2) is 0 Å². The summed E-state index contributed by atoms with van der Waals surface area (Å²) in [6.45, 7) is 0. The van der Waals surface area contributed by atoms with Crippen LogP contribution in [-0.4, -0.2) is 45.8 Å². The fourth-order valence-corrected chi connectivity index (χ4v) is 0. The molecule has 0 aliphatic heterocycles. The summed E-state index contributed by atoms with van der Waals surface area (Å²) in [4.78, 5) is 18.2. The van der Waals surface area contributed by atoms with Crippen LogP contribution >= 0.6 is 7.82 Å². The summed E-state index contributed by atoms with van der Waals surface area (Å²) in [7, 11) is -0.951. The third-order valence-corrected chi connectivity index (χ3v) is 0.387. The summed E-state index contributed by atoms with van der Waals surface area (Å²) in [5.41, 5.74) is 0. The Hall–Kier alpha value is 1.43. The van der Waals surface area contributed by atoms with Crippen LogP contribution in [0.1, 0.15) is 0 Å². The van der Waals surface area contributed by atoms with Gasteiger partial charge in [-0.3, -0.25) is 0 Å². The molecule has 0 aliphatic carbocycles. The van der Waals surface area contributed by atoms with Gasteiger partial charge in [0.1, 0.15) is 0 Å². The second-order valence-electron chi connectivity index (χ2n) is 0.553. The van der Waals surface area contributed by atoms with E-state index in [1.807, 2.05) is 0 Å². The van der Waals surface area contributed by atoms with Crippen LogP contribution < -0.4 is 9.79 Å². The molecule has 0 aromatic rings. The fourth-order valence-electron chi connectivity index (χ4n) is 0. The Morgan fingerprint density at radius 3 is 1.71 bits per heavy atom. The van der Waals surface area contributed by atoms with Crippen molar-refractivity contribution in [1.29, 1.82) is 0 Å². The van der Waals surface area contributed by atoms with Crippen LogP contribution in [0, 0.1) is 0 Å². The Labute approximate surface area is 71.9 Å². The maximum absolute atomic E-state index is 9.12. The molecule has 0 aromatic heterocycles. The predicted octanol–water partition coefficient (Wildman–Crippen LogP) is -2.47. The van der Waals surface area contributed by atoms with Crippen molar-refractivity contribution >= 4 is 53.6 Å². The molecule has 0 aliphatic rings. The molecule has 7 heteroatoms. The number of hydrogen-bond donors (Lipinski definition) is 0. The van der Waals surface area contributed by atoms with Gasteiger partial charge in [0.2, 0.25) is 0 Å². The van der Waals surface area contributed by atoms with Crippen molar-refractivity contribution in [3.63, 3.8) is 0 Å². The second-order valence-corrected chi connectivity index (χ2v) is 1.66. The molecule has 0 saturated heterocycles. The van der Waals surface area contributed by atoms with Gasteiger partial charge in [0.25, 0.3) is 8.05 Å². The fraction of sp³-hybridized carbons (Fsp3) is 0. The van der Waals surface area contributed by atoms with E-state index in [1.165, 1.54) is 0 Å². The van der Waals surface area contributed by atoms with Crippen molar-refractivity contribution in [2.24, 2.45) is 0 Å². The average Bonchev–Trinajstić information content (AvgIpc) is 1.35. The molecular formula is BCaO4P. The van der Waals surface area contributed by atoms with Gasteiger partial charge in [-0.1, -0.05) is 0 Å². The molecular weight excluding hydrogens is 146 g/mol. The summed E-state index contributed by atoms with van der Waals surface area (Å²) in [6.07, 6.45) is 0. The molecule has 0 N–H and O–H groups in total. The third kappa shape index (κ3) is 11.2. The molecule has 0 unspecified atom stereocenters. The number of hydrogen-bond acceptors (Lipinski definition) is 4. The molecule has 34 valence electrons. The molecule has 0 saturated carbocycles. The van der Waals surface area contributed by atoms with E-state index in [4.69, 9.17) is 14.4 Å². The SMILES string of the molecule is [B]OP(=O)([O-])[O-].[Ca+2]. The standard InChI is InChI=1S/BH2O4P.Ca/c1-5-6(2,3)4;/h(H2,2,3,4);/q;+2/p-2. The molecule has 0 atom stereocenters. The van der Waals surface area contributed by atoms with Crippen LogP contribution in [-0.2, 0) is 9.01 Å². The summed E-state index contributed by atoms with van der Waals surface area (Å²) >= 11 is 0. The van der Waals surface area contributed by atoms with Crippen molar-refractivity contribution < 1.29 is 18.8 Å². The van der Waals surface area contributed by atoms with Crippen LogP contribution in [0.4, 0.5) is 0 Å². The van der Waals surface area contributed by atoms with Crippen molar-refractivity contribution in [1.82, 2.24) is 0 Å². The minimum atomic E-state index is -4.87.